The van der Waals surface area contributed by atoms with E-state index in [9.17, 15) is 4.79 Å². The lowest BCUT2D eigenvalue weighted by Gasteiger charge is -2.09. The summed E-state index contributed by atoms with van der Waals surface area (Å²) in [5.74, 6) is 0.329. The van der Waals surface area contributed by atoms with Crippen LogP contribution in [0.25, 0.3) is 10.2 Å². The molecule has 29 heavy (non-hydrogen) atoms. The van der Waals surface area contributed by atoms with Gasteiger partial charge in [0.1, 0.15) is 11.9 Å². The van der Waals surface area contributed by atoms with Crippen molar-refractivity contribution in [1.82, 2.24) is 29.7 Å². The number of nitrogens with one attached hydrogen (secondary N) is 1. The Morgan fingerprint density at radius 2 is 2.17 bits per heavy atom. The van der Waals surface area contributed by atoms with Crippen LogP contribution in [-0.4, -0.2) is 42.3 Å². The van der Waals surface area contributed by atoms with E-state index in [2.05, 4.69) is 30.5 Å². The van der Waals surface area contributed by atoms with Gasteiger partial charge in [0.05, 0.1) is 22.5 Å². The fourth-order valence-electron chi connectivity index (χ4n) is 2.52. The van der Waals surface area contributed by atoms with Crippen molar-refractivity contribution in [3.05, 3.63) is 48.0 Å². The SMILES string of the molecule is CCOC(=O)c1cnc(Nc2nc3ccccc3s2)nc1CSc1nncn1C. The summed E-state index contributed by atoms with van der Waals surface area (Å²) >= 11 is 2.94. The number of hydrogen-bond acceptors (Lipinski definition) is 10. The first-order valence-electron chi connectivity index (χ1n) is 8.76. The summed E-state index contributed by atoms with van der Waals surface area (Å²) in [5.41, 5.74) is 1.78. The number of benzene rings is 1. The fraction of sp³-hybridized carbons (Fsp3) is 0.222. The second-order valence-electron chi connectivity index (χ2n) is 5.90. The largest absolute Gasteiger partial charge is 0.462 e. The second-order valence-corrected chi connectivity index (χ2v) is 7.87. The summed E-state index contributed by atoms with van der Waals surface area (Å²) < 4.78 is 8.00. The maximum absolute atomic E-state index is 12.3. The first kappa shape index (κ1) is 19.3. The van der Waals surface area contributed by atoms with E-state index in [4.69, 9.17) is 4.74 Å². The van der Waals surface area contributed by atoms with Gasteiger partial charge in [0.2, 0.25) is 5.95 Å². The molecular formula is C18H17N7O2S2. The number of anilines is 2. The number of rotatable bonds is 7. The Kier molecular flexibility index (Phi) is 5.67. The van der Waals surface area contributed by atoms with E-state index in [0.717, 1.165) is 15.4 Å². The molecule has 0 fully saturated rings. The smallest absolute Gasteiger partial charge is 0.341 e. The summed E-state index contributed by atoms with van der Waals surface area (Å²) in [4.78, 5) is 25.6. The normalized spacial score (nSPS) is 11.0. The van der Waals surface area contributed by atoms with Crippen LogP contribution in [0.4, 0.5) is 11.1 Å². The van der Waals surface area contributed by atoms with Crippen LogP contribution < -0.4 is 5.32 Å². The second kappa shape index (κ2) is 8.53. The van der Waals surface area contributed by atoms with Crippen LogP contribution >= 0.6 is 23.1 Å². The van der Waals surface area contributed by atoms with Crippen LogP contribution in [0.5, 0.6) is 0 Å². The Balaban J connectivity index is 1.60. The molecule has 0 atom stereocenters. The maximum Gasteiger partial charge on any atom is 0.341 e. The molecule has 11 heteroatoms. The summed E-state index contributed by atoms with van der Waals surface area (Å²) in [6.07, 6.45) is 3.10. The highest BCUT2D eigenvalue weighted by Gasteiger charge is 2.17. The molecule has 0 aliphatic carbocycles. The van der Waals surface area contributed by atoms with Crippen molar-refractivity contribution in [3.63, 3.8) is 0 Å². The van der Waals surface area contributed by atoms with Gasteiger partial charge < -0.3 is 14.6 Å². The van der Waals surface area contributed by atoms with Gasteiger partial charge in [-0.2, -0.15) is 0 Å². The molecule has 0 saturated carbocycles. The van der Waals surface area contributed by atoms with Crippen molar-refractivity contribution in [1.29, 1.82) is 0 Å². The van der Waals surface area contributed by atoms with Gasteiger partial charge in [0, 0.05) is 19.0 Å². The number of carbonyl (C=O) groups is 1. The molecule has 4 aromatic rings. The van der Waals surface area contributed by atoms with Crippen LogP contribution in [0.1, 0.15) is 23.0 Å². The number of hydrogen-bond donors (Lipinski definition) is 1. The molecule has 0 amide bonds. The predicted octanol–water partition coefficient (Wildman–Crippen LogP) is 3.43. The molecular weight excluding hydrogens is 410 g/mol. The third-order valence-corrected chi connectivity index (χ3v) is 5.88. The number of nitrogens with zero attached hydrogens (tertiary/aromatic N) is 6. The Labute approximate surface area is 174 Å². The van der Waals surface area contributed by atoms with E-state index in [1.165, 1.54) is 29.3 Å². The van der Waals surface area contributed by atoms with Gasteiger partial charge in [-0.1, -0.05) is 35.2 Å². The quantitative estimate of drug-likeness (QED) is 0.350. The minimum absolute atomic E-state index is 0.278. The van der Waals surface area contributed by atoms with Gasteiger partial charge in [-0.3, -0.25) is 0 Å². The minimum atomic E-state index is -0.451. The summed E-state index contributed by atoms with van der Waals surface area (Å²) in [6.45, 7) is 2.04. The van der Waals surface area contributed by atoms with Crippen LogP contribution in [0, 0.1) is 0 Å². The highest BCUT2D eigenvalue weighted by Crippen LogP contribution is 2.28. The molecule has 0 unspecified atom stereocenters. The molecule has 1 N–H and O–H groups in total. The monoisotopic (exact) mass is 427 g/mol. The number of thioether (sulfide) groups is 1. The molecule has 3 heterocycles. The average Bonchev–Trinajstić information content (AvgIpc) is 3.31. The molecule has 0 saturated heterocycles. The first-order chi connectivity index (χ1) is 14.1. The van der Waals surface area contributed by atoms with Crippen LogP contribution in [0.3, 0.4) is 0 Å². The lowest BCUT2D eigenvalue weighted by Crippen LogP contribution is -2.12. The number of aromatic nitrogens is 6. The zero-order valence-electron chi connectivity index (χ0n) is 15.7. The number of fused-ring (bicyclic) bond motifs is 1. The first-order valence-corrected chi connectivity index (χ1v) is 10.6. The third kappa shape index (κ3) is 4.35. The van der Waals surface area contributed by atoms with Crippen molar-refractivity contribution in [2.45, 2.75) is 17.8 Å². The Bertz CT molecular complexity index is 1130. The highest BCUT2D eigenvalue weighted by atomic mass is 32.2. The van der Waals surface area contributed by atoms with E-state index in [1.54, 1.807) is 17.8 Å². The van der Waals surface area contributed by atoms with Gasteiger partial charge >= 0.3 is 5.97 Å². The molecule has 0 radical (unpaired) electrons. The highest BCUT2D eigenvalue weighted by molar-refractivity contribution is 7.98. The van der Waals surface area contributed by atoms with E-state index in [-0.39, 0.29) is 6.61 Å². The van der Waals surface area contributed by atoms with E-state index in [0.29, 0.717) is 28.1 Å². The lowest BCUT2D eigenvalue weighted by molar-refractivity contribution is 0.0524. The molecule has 9 nitrogen and oxygen atoms in total. The van der Waals surface area contributed by atoms with Crippen LogP contribution in [0.2, 0.25) is 0 Å². The number of esters is 1. The standard InChI is InChI=1S/C18H17N7O2S2/c1-3-27-15(26)11-8-19-16(21-13(11)9-28-18-24-20-10-25(18)2)23-17-22-12-6-4-5-7-14(12)29-17/h4-8,10H,3,9H2,1-2H3,(H,19,21,22,23). The van der Waals surface area contributed by atoms with Crippen molar-refractivity contribution >= 4 is 50.4 Å². The van der Waals surface area contributed by atoms with Gasteiger partial charge in [0.15, 0.2) is 10.3 Å². The van der Waals surface area contributed by atoms with Crippen molar-refractivity contribution < 1.29 is 9.53 Å². The number of para-hydroxylation sites is 1. The number of ether oxygens (including phenoxy) is 1. The van der Waals surface area contributed by atoms with Crippen molar-refractivity contribution in [3.8, 4) is 0 Å². The van der Waals surface area contributed by atoms with E-state index < -0.39 is 5.97 Å². The molecule has 1 aromatic carbocycles. The number of aryl methyl sites for hydroxylation is 1. The Morgan fingerprint density at radius 1 is 1.31 bits per heavy atom. The molecule has 0 spiro atoms. The third-order valence-electron chi connectivity index (χ3n) is 3.88. The lowest BCUT2D eigenvalue weighted by atomic mass is 10.2. The number of carbonyl (C=O) groups excluding carboxylic acids is 1. The van der Waals surface area contributed by atoms with E-state index >= 15 is 0 Å². The molecule has 3 aromatic heterocycles. The average molecular weight is 428 g/mol. The molecule has 4 rings (SSSR count). The number of thiazole rings is 1. The van der Waals surface area contributed by atoms with Gasteiger partial charge in [-0.25, -0.2) is 19.7 Å². The van der Waals surface area contributed by atoms with Crippen LogP contribution in [-0.2, 0) is 17.5 Å². The van der Waals surface area contributed by atoms with Gasteiger partial charge in [-0.15, -0.1) is 10.2 Å². The Hall–Kier alpha value is -3.05. The summed E-state index contributed by atoms with van der Waals surface area (Å²) in [7, 11) is 1.86. The zero-order valence-corrected chi connectivity index (χ0v) is 17.3. The van der Waals surface area contributed by atoms with E-state index in [1.807, 2.05) is 31.3 Å². The van der Waals surface area contributed by atoms with Crippen LogP contribution in [0.15, 0.2) is 41.9 Å². The topological polar surface area (TPSA) is 108 Å². The van der Waals surface area contributed by atoms with Crippen molar-refractivity contribution in [2.24, 2.45) is 7.05 Å². The maximum atomic E-state index is 12.3. The molecule has 0 aliphatic rings. The van der Waals surface area contributed by atoms with Crippen molar-refractivity contribution in [2.75, 3.05) is 11.9 Å². The molecule has 148 valence electrons. The van der Waals surface area contributed by atoms with Gasteiger partial charge in [0.25, 0.3) is 0 Å². The zero-order chi connectivity index (χ0) is 20.2. The molecule has 0 bridgehead atoms. The summed E-state index contributed by atoms with van der Waals surface area (Å²) in [6, 6.07) is 7.87. The molecule has 0 aliphatic heterocycles. The minimum Gasteiger partial charge on any atom is -0.462 e. The summed E-state index contributed by atoms with van der Waals surface area (Å²) in [5, 5.41) is 12.4. The van der Waals surface area contributed by atoms with Gasteiger partial charge in [-0.05, 0) is 19.1 Å². The Morgan fingerprint density at radius 3 is 2.93 bits per heavy atom. The fourth-order valence-corrected chi connectivity index (χ4v) is 4.23. The predicted molar refractivity (Wildman–Crippen MR) is 111 cm³/mol.